The fraction of sp³-hybridized carbons (Fsp3) is 0.250. The Kier molecular flexibility index (Phi) is 4.37. The van der Waals surface area contributed by atoms with Crippen LogP contribution in [0.25, 0.3) is 0 Å². The van der Waals surface area contributed by atoms with Crippen molar-refractivity contribution >= 4 is 17.8 Å². The van der Waals surface area contributed by atoms with Gasteiger partial charge in [-0.1, -0.05) is 23.2 Å². The predicted octanol–water partition coefficient (Wildman–Crippen LogP) is 3.58. The summed E-state index contributed by atoms with van der Waals surface area (Å²) in [6, 6.07) is 5.77. The Morgan fingerprint density at radius 3 is 3.00 bits per heavy atom. The van der Waals surface area contributed by atoms with Crippen LogP contribution in [-0.4, -0.2) is 12.8 Å². The molecule has 1 aromatic carbocycles. The smallest absolute Gasteiger partial charge is 0.205 e. The third-order valence-corrected chi connectivity index (χ3v) is 2.15. The molecule has 80 valence electrons. The van der Waals surface area contributed by atoms with Gasteiger partial charge in [-0.15, -0.1) is 0 Å². The van der Waals surface area contributed by atoms with Crippen molar-refractivity contribution in [1.82, 2.24) is 0 Å². The predicted molar refractivity (Wildman–Crippen MR) is 64.5 cm³/mol. The average Bonchev–Trinajstić information content (AvgIpc) is 2.20. The molecule has 0 aliphatic rings. The van der Waals surface area contributed by atoms with Gasteiger partial charge in [0.1, 0.15) is 0 Å². The highest BCUT2D eigenvalue weighted by Crippen LogP contribution is 2.15. The van der Waals surface area contributed by atoms with Gasteiger partial charge in [-0.05, 0) is 32.6 Å². The number of aryl methyl sites for hydroxylation is 1. The van der Waals surface area contributed by atoms with E-state index in [1.807, 2.05) is 32.0 Å². The van der Waals surface area contributed by atoms with Crippen molar-refractivity contribution in [3.8, 4) is 0 Å². The number of nitrogens with zero attached hydrogens (tertiary/aromatic N) is 1. The Hall–Kier alpha value is -1.28. The van der Waals surface area contributed by atoms with Crippen LogP contribution in [0, 0.1) is 6.92 Å². The molecule has 0 aliphatic heterocycles. The van der Waals surface area contributed by atoms with E-state index in [1.165, 1.54) is 0 Å². The van der Waals surface area contributed by atoms with Gasteiger partial charge >= 0.3 is 0 Å². The molecule has 1 aromatic rings. The molecule has 0 aliphatic carbocycles. The number of halogens is 1. The van der Waals surface area contributed by atoms with E-state index in [2.05, 4.69) is 11.6 Å². The molecule has 0 amide bonds. The highest BCUT2D eigenvalue weighted by atomic mass is 35.5. The molecule has 0 unspecified atom stereocenters. The monoisotopic (exact) mass is 223 g/mol. The van der Waals surface area contributed by atoms with Crippen molar-refractivity contribution in [1.29, 1.82) is 0 Å². The fourth-order valence-electron chi connectivity index (χ4n) is 1.11. The zero-order valence-corrected chi connectivity index (χ0v) is 9.71. The lowest BCUT2D eigenvalue weighted by atomic mass is 10.1. The molecular formula is C12H14ClNO. The van der Waals surface area contributed by atoms with Gasteiger partial charge < -0.3 is 4.74 Å². The van der Waals surface area contributed by atoms with Crippen LogP contribution in [0.15, 0.2) is 35.7 Å². The summed E-state index contributed by atoms with van der Waals surface area (Å²) in [5.74, 6) is 0.398. The molecule has 3 heteroatoms. The molecule has 0 atom stereocenters. The second-order valence-electron chi connectivity index (χ2n) is 3.11. The summed E-state index contributed by atoms with van der Waals surface area (Å²) >= 11 is 6.00. The van der Waals surface area contributed by atoms with Gasteiger partial charge in [0.05, 0.1) is 6.61 Å². The summed E-state index contributed by atoms with van der Waals surface area (Å²) in [7, 11) is 0. The standard InChI is InChI=1S/C12H14ClNO/c1-4-15-10(3)14-8-11-7-9(2)5-6-12(11)13/h5-8H,3-4H2,1-2H3/b14-8+. The van der Waals surface area contributed by atoms with Gasteiger partial charge in [-0.2, -0.15) is 0 Å². The van der Waals surface area contributed by atoms with Crippen LogP contribution in [0.3, 0.4) is 0 Å². The zero-order valence-electron chi connectivity index (χ0n) is 8.96. The van der Waals surface area contributed by atoms with Crippen molar-refractivity contribution in [3.05, 3.63) is 46.8 Å². The van der Waals surface area contributed by atoms with Crippen molar-refractivity contribution in [2.24, 2.45) is 4.99 Å². The Morgan fingerprint density at radius 1 is 1.60 bits per heavy atom. The number of hydrogen-bond acceptors (Lipinski definition) is 2. The van der Waals surface area contributed by atoms with Crippen LogP contribution < -0.4 is 0 Å². The van der Waals surface area contributed by atoms with Crippen LogP contribution in [0.4, 0.5) is 0 Å². The van der Waals surface area contributed by atoms with Gasteiger partial charge in [0.25, 0.3) is 0 Å². The Bertz CT molecular complexity index is 385. The van der Waals surface area contributed by atoms with E-state index in [1.54, 1.807) is 6.21 Å². The van der Waals surface area contributed by atoms with Crippen molar-refractivity contribution in [3.63, 3.8) is 0 Å². The number of ether oxygens (including phenoxy) is 1. The van der Waals surface area contributed by atoms with Gasteiger partial charge in [0, 0.05) is 16.8 Å². The average molecular weight is 224 g/mol. The summed E-state index contributed by atoms with van der Waals surface area (Å²) in [6.07, 6.45) is 1.66. The van der Waals surface area contributed by atoms with E-state index in [9.17, 15) is 0 Å². The second-order valence-corrected chi connectivity index (χ2v) is 3.52. The molecule has 0 spiro atoms. The summed E-state index contributed by atoms with van der Waals surface area (Å²) in [5.41, 5.74) is 2.01. The highest BCUT2D eigenvalue weighted by molar-refractivity contribution is 6.33. The second kappa shape index (κ2) is 5.56. The maximum Gasteiger partial charge on any atom is 0.205 e. The van der Waals surface area contributed by atoms with Crippen molar-refractivity contribution in [2.45, 2.75) is 13.8 Å². The maximum atomic E-state index is 6.00. The van der Waals surface area contributed by atoms with E-state index >= 15 is 0 Å². The summed E-state index contributed by atoms with van der Waals surface area (Å²) in [6.45, 7) is 8.11. The first-order chi connectivity index (χ1) is 7.13. The van der Waals surface area contributed by atoms with Crippen molar-refractivity contribution in [2.75, 3.05) is 6.61 Å². The van der Waals surface area contributed by atoms with Gasteiger partial charge in [0.15, 0.2) is 0 Å². The lowest BCUT2D eigenvalue weighted by molar-refractivity contribution is 0.229. The van der Waals surface area contributed by atoms with Crippen LogP contribution in [0.2, 0.25) is 5.02 Å². The lowest BCUT2D eigenvalue weighted by Gasteiger charge is -2.01. The minimum atomic E-state index is 0.398. The molecule has 0 aromatic heterocycles. The third-order valence-electron chi connectivity index (χ3n) is 1.81. The van der Waals surface area contributed by atoms with Gasteiger partial charge in [0.2, 0.25) is 5.88 Å². The summed E-state index contributed by atoms with van der Waals surface area (Å²) < 4.78 is 5.10. The quantitative estimate of drug-likeness (QED) is 0.565. The SMILES string of the molecule is C=C(/N=C/c1cc(C)ccc1Cl)OCC. The van der Waals surface area contributed by atoms with E-state index in [4.69, 9.17) is 16.3 Å². The first-order valence-corrected chi connectivity index (χ1v) is 5.13. The van der Waals surface area contributed by atoms with E-state index in [-0.39, 0.29) is 0 Å². The Labute approximate surface area is 95.2 Å². The first kappa shape index (κ1) is 11.8. The van der Waals surface area contributed by atoms with Crippen molar-refractivity contribution < 1.29 is 4.74 Å². The van der Waals surface area contributed by atoms with E-state index < -0.39 is 0 Å². The summed E-state index contributed by atoms with van der Waals surface area (Å²) in [5, 5.41) is 0.675. The first-order valence-electron chi connectivity index (χ1n) is 4.75. The van der Waals surface area contributed by atoms with Crippen LogP contribution in [0.5, 0.6) is 0 Å². The normalized spacial score (nSPS) is 10.6. The minimum absolute atomic E-state index is 0.398. The number of rotatable bonds is 4. The molecule has 0 fully saturated rings. The van der Waals surface area contributed by atoms with Crippen LogP contribution in [-0.2, 0) is 4.74 Å². The molecule has 15 heavy (non-hydrogen) atoms. The molecule has 0 radical (unpaired) electrons. The molecule has 0 saturated carbocycles. The lowest BCUT2D eigenvalue weighted by Crippen LogP contribution is -1.89. The van der Waals surface area contributed by atoms with Gasteiger partial charge in [-0.3, -0.25) is 0 Å². The number of benzene rings is 1. The molecule has 0 saturated heterocycles. The summed E-state index contributed by atoms with van der Waals surface area (Å²) in [4.78, 5) is 4.06. The molecular weight excluding hydrogens is 210 g/mol. The highest BCUT2D eigenvalue weighted by Gasteiger charge is 1.97. The fourth-order valence-corrected chi connectivity index (χ4v) is 1.27. The molecule has 1 rings (SSSR count). The largest absolute Gasteiger partial charge is 0.478 e. The van der Waals surface area contributed by atoms with Crippen LogP contribution in [0.1, 0.15) is 18.1 Å². The van der Waals surface area contributed by atoms with Crippen LogP contribution >= 0.6 is 11.6 Å². The Morgan fingerprint density at radius 2 is 2.33 bits per heavy atom. The maximum absolute atomic E-state index is 6.00. The topological polar surface area (TPSA) is 21.6 Å². The van der Waals surface area contributed by atoms with E-state index in [0.717, 1.165) is 11.1 Å². The van der Waals surface area contributed by atoms with Gasteiger partial charge in [-0.25, -0.2) is 4.99 Å². The minimum Gasteiger partial charge on any atom is -0.478 e. The molecule has 2 nitrogen and oxygen atoms in total. The molecule has 0 N–H and O–H groups in total. The number of aliphatic imine (C=N–C) groups is 1. The Balaban J connectivity index is 2.79. The number of hydrogen-bond donors (Lipinski definition) is 0. The van der Waals surface area contributed by atoms with E-state index in [0.29, 0.717) is 17.5 Å². The molecule has 0 heterocycles. The zero-order chi connectivity index (χ0) is 11.3. The third kappa shape index (κ3) is 3.76. The molecule has 0 bridgehead atoms.